The van der Waals surface area contributed by atoms with Crippen LogP contribution in [0.15, 0.2) is 11.1 Å². The zero-order valence-electron chi connectivity index (χ0n) is 19.4. The minimum absolute atomic E-state index is 0.0280. The second kappa shape index (κ2) is 6.61. The third-order valence-corrected chi connectivity index (χ3v) is 9.89. The molecule has 3 fully saturated rings. The molecule has 1 saturated heterocycles. The molecule has 0 amide bonds. The van der Waals surface area contributed by atoms with Crippen molar-refractivity contribution in [3.05, 3.63) is 11.1 Å². The van der Waals surface area contributed by atoms with Crippen LogP contribution in [0.1, 0.15) is 54.4 Å². The number of ketones is 1. The maximum atomic E-state index is 14.3. The Labute approximate surface area is 179 Å². The normalized spacial score (nSPS) is 52.7. The molecule has 0 aromatic rings. The number of carbonyl (C=O) groups is 1. The standard InChI is InChI=1S/C24H38O6/c1-12-15(26)9-24(28)13(2)19-22(5)11-30-16(22)8-17(29-7)23(19,6)20(27)14(10-25)18(12)21(24,3)4/h13-17,19,25-26,28H,8-11H2,1-7H3/t13-,14+,15-,16+,17-,19?,22+,23+,24+/m0/s1. The highest BCUT2D eigenvalue weighted by atomic mass is 16.5. The lowest BCUT2D eigenvalue weighted by Crippen LogP contribution is -2.74. The Kier molecular flexibility index (Phi) is 4.94. The van der Waals surface area contributed by atoms with Gasteiger partial charge in [-0.15, -0.1) is 0 Å². The molecule has 9 atom stereocenters. The number of fused-ring (bicyclic) bond motifs is 5. The average molecular weight is 423 g/mol. The first-order valence-electron chi connectivity index (χ1n) is 11.2. The number of ether oxygens (including phenoxy) is 2. The van der Waals surface area contributed by atoms with Gasteiger partial charge in [0.2, 0.25) is 0 Å². The lowest BCUT2D eigenvalue weighted by Gasteiger charge is -2.69. The minimum atomic E-state index is -1.24. The molecular weight excluding hydrogens is 384 g/mol. The van der Waals surface area contributed by atoms with Gasteiger partial charge in [-0.1, -0.05) is 27.7 Å². The van der Waals surface area contributed by atoms with E-state index in [4.69, 9.17) is 9.47 Å². The molecule has 30 heavy (non-hydrogen) atoms. The molecule has 4 rings (SSSR count). The SMILES string of the molecule is CO[C@H]1C[C@H]2OC[C@@]2(C)C2[C@H](C)[C@]3(O)C[C@H](O)C(C)=C([C@@H](CO)C(=O)[C@@]21C)C3(C)C. The second-order valence-electron chi connectivity index (χ2n) is 11.3. The first-order chi connectivity index (χ1) is 13.8. The zero-order chi connectivity index (χ0) is 22.4. The summed E-state index contributed by atoms with van der Waals surface area (Å²) in [5, 5.41) is 33.6. The molecule has 1 heterocycles. The van der Waals surface area contributed by atoms with E-state index in [1.165, 1.54) is 0 Å². The maximum absolute atomic E-state index is 14.3. The van der Waals surface area contributed by atoms with E-state index >= 15 is 0 Å². The Morgan fingerprint density at radius 3 is 2.37 bits per heavy atom. The first kappa shape index (κ1) is 22.4. The molecule has 6 nitrogen and oxygen atoms in total. The van der Waals surface area contributed by atoms with Gasteiger partial charge in [0.1, 0.15) is 0 Å². The summed E-state index contributed by atoms with van der Waals surface area (Å²) in [6.07, 6.45) is -0.385. The fourth-order valence-electron chi connectivity index (χ4n) is 8.19. The predicted molar refractivity (Wildman–Crippen MR) is 112 cm³/mol. The van der Waals surface area contributed by atoms with E-state index in [0.29, 0.717) is 24.2 Å². The number of rotatable bonds is 2. The predicted octanol–water partition coefficient (Wildman–Crippen LogP) is 2.10. The topological polar surface area (TPSA) is 96.2 Å². The molecule has 0 aromatic heterocycles. The fraction of sp³-hybridized carbons (Fsp3) is 0.875. The van der Waals surface area contributed by atoms with Gasteiger partial charge in [-0.2, -0.15) is 0 Å². The van der Waals surface area contributed by atoms with Gasteiger partial charge in [-0.25, -0.2) is 0 Å². The molecule has 0 aromatic carbocycles. The van der Waals surface area contributed by atoms with Crippen molar-refractivity contribution < 1.29 is 29.6 Å². The van der Waals surface area contributed by atoms with Gasteiger partial charge in [0, 0.05) is 30.8 Å². The van der Waals surface area contributed by atoms with Crippen molar-refractivity contribution in [1.82, 2.24) is 0 Å². The minimum Gasteiger partial charge on any atom is -0.395 e. The van der Waals surface area contributed by atoms with Crippen LogP contribution in [0.3, 0.4) is 0 Å². The first-order valence-corrected chi connectivity index (χ1v) is 11.2. The van der Waals surface area contributed by atoms with Crippen LogP contribution >= 0.6 is 0 Å². The monoisotopic (exact) mass is 422 g/mol. The quantitative estimate of drug-likeness (QED) is 0.590. The van der Waals surface area contributed by atoms with Crippen molar-refractivity contribution in [2.45, 2.75) is 78.3 Å². The van der Waals surface area contributed by atoms with E-state index in [1.54, 1.807) is 7.11 Å². The van der Waals surface area contributed by atoms with Crippen LogP contribution < -0.4 is 0 Å². The van der Waals surface area contributed by atoms with Crippen LogP contribution in [-0.4, -0.2) is 65.3 Å². The third-order valence-electron chi connectivity index (χ3n) is 9.89. The van der Waals surface area contributed by atoms with Crippen LogP contribution in [0.5, 0.6) is 0 Å². The summed E-state index contributed by atoms with van der Waals surface area (Å²) in [5.41, 5.74) is -1.77. The van der Waals surface area contributed by atoms with Crippen LogP contribution in [0.2, 0.25) is 0 Å². The van der Waals surface area contributed by atoms with E-state index in [0.717, 1.165) is 0 Å². The highest BCUT2D eigenvalue weighted by Gasteiger charge is 2.72. The molecule has 2 bridgehead atoms. The molecule has 6 heteroatoms. The highest BCUT2D eigenvalue weighted by Crippen LogP contribution is 2.67. The number of hydrogen-bond acceptors (Lipinski definition) is 6. The van der Waals surface area contributed by atoms with Crippen LogP contribution in [0.4, 0.5) is 0 Å². The Morgan fingerprint density at radius 1 is 1.23 bits per heavy atom. The molecule has 0 radical (unpaired) electrons. The number of hydrogen-bond donors (Lipinski definition) is 3. The summed E-state index contributed by atoms with van der Waals surface area (Å²) in [5.74, 6) is -1.31. The second-order valence-corrected chi connectivity index (χ2v) is 11.3. The summed E-state index contributed by atoms with van der Waals surface area (Å²) < 4.78 is 11.8. The smallest absolute Gasteiger partial charge is 0.151 e. The average Bonchev–Trinajstić information content (AvgIpc) is 2.67. The molecule has 3 N–H and O–H groups in total. The van der Waals surface area contributed by atoms with Crippen molar-refractivity contribution in [3.63, 3.8) is 0 Å². The molecule has 4 aliphatic rings. The Hall–Kier alpha value is -0.790. The van der Waals surface area contributed by atoms with E-state index in [2.05, 4.69) is 6.92 Å². The Balaban J connectivity index is 2.04. The van der Waals surface area contributed by atoms with E-state index in [1.807, 2.05) is 34.6 Å². The fourth-order valence-corrected chi connectivity index (χ4v) is 8.19. The summed E-state index contributed by atoms with van der Waals surface area (Å²) in [6, 6.07) is 0. The van der Waals surface area contributed by atoms with Crippen molar-refractivity contribution in [3.8, 4) is 0 Å². The van der Waals surface area contributed by atoms with Crippen molar-refractivity contribution in [2.75, 3.05) is 20.3 Å². The molecule has 0 spiro atoms. The van der Waals surface area contributed by atoms with Crippen molar-refractivity contribution in [2.24, 2.45) is 34.0 Å². The third kappa shape index (κ3) is 2.35. The van der Waals surface area contributed by atoms with Crippen LogP contribution in [0.25, 0.3) is 0 Å². The number of methoxy groups -OCH3 is 1. The summed E-state index contributed by atoms with van der Waals surface area (Å²) in [7, 11) is 1.63. The number of aliphatic hydroxyl groups excluding tert-OH is 2. The van der Waals surface area contributed by atoms with Crippen LogP contribution in [-0.2, 0) is 14.3 Å². The molecule has 170 valence electrons. The van der Waals surface area contributed by atoms with E-state index in [-0.39, 0.29) is 48.3 Å². The Morgan fingerprint density at radius 2 is 1.87 bits per heavy atom. The molecule has 2 saturated carbocycles. The van der Waals surface area contributed by atoms with Crippen LogP contribution in [0, 0.1) is 34.0 Å². The maximum Gasteiger partial charge on any atom is 0.151 e. The van der Waals surface area contributed by atoms with Gasteiger partial charge in [0.15, 0.2) is 5.78 Å². The zero-order valence-corrected chi connectivity index (χ0v) is 19.4. The van der Waals surface area contributed by atoms with Gasteiger partial charge >= 0.3 is 0 Å². The largest absolute Gasteiger partial charge is 0.395 e. The van der Waals surface area contributed by atoms with Crippen molar-refractivity contribution >= 4 is 5.78 Å². The summed E-state index contributed by atoms with van der Waals surface area (Å²) in [4.78, 5) is 14.3. The molecule has 1 aliphatic heterocycles. The number of carbonyl (C=O) groups excluding carboxylic acids is 1. The van der Waals surface area contributed by atoms with Gasteiger partial charge in [0.25, 0.3) is 0 Å². The molecule has 1 unspecified atom stereocenters. The molecule has 3 aliphatic carbocycles. The number of aliphatic hydroxyl groups is 3. The van der Waals surface area contributed by atoms with E-state index < -0.39 is 28.5 Å². The lowest BCUT2D eigenvalue weighted by molar-refractivity contribution is -0.304. The Bertz CT molecular complexity index is 789. The summed E-state index contributed by atoms with van der Waals surface area (Å²) in [6.45, 7) is 12.1. The van der Waals surface area contributed by atoms with E-state index in [9.17, 15) is 20.1 Å². The summed E-state index contributed by atoms with van der Waals surface area (Å²) >= 11 is 0. The van der Waals surface area contributed by atoms with Gasteiger partial charge in [-0.3, -0.25) is 4.79 Å². The number of Topliss-reactive ketones (excluding diaryl/α,β-unsaturated/α-hetero) is 1. The highest BCUT2D eigenvalue weighted by molar-refractivity contribution is 5.91. The molecular formula is C24H38O6. The lowest BCUT2D eigenvalue weighted by atomic mass is 9.40. The van der Waals surface area contributed by atoms with Gasteiger partial charge < -0.3 is 24.8 Å². The van der Waals surface area contributed by atoms with Gasteiger partial charge in [0.05, 0.1) is 48.5 Å². The van der Waals surface area contributed by atoms with Gasteiger partial charge in [-0.05, 0) is 36.8 Å². The van der Waals surface area contributed by atoms with Crippen molar-refractivity contribution in [1.29, 1.82) is 0 Å².